The normalized spacial score (nSPS) is 26.2. The first-order valence-electron chi connectivity index (χ1n) is 15.9. The second kappa shape index (κ2) is 12.5. The number of alkyl halides is 3. The summed E-state index contributed by atoms with van der Waals surface area (Å²) in [6.45, 7) is -0.451. The minimum atomic E-state index is -4.66. The molecule has 2 bridgehead atoms. The van der Waals surface area contributed by atoms with E-state index in [1.807, 2.05) is 0 Å². The smallest absolute Gasteiger partial charge is 0.416 e. The maximum Gasteiger partial charge on any atom is 0.416 e. The van der Waals surface area contributed by atoms with E-state index in [0.29, 0.717) is 38.3 Å². The van der Waals surface area contributed by atoms with Crippen LogP contribution in [0.2, 0.25) is 5.02 Å². The third-order valence-electron chi connectivity index (χ3n) is 10.3. The molecule has 1 aromatic heterocycles. The van der Waals surface area contributed by atoms with E-state index in [2.05, 4.69) is 10.3 Å². The zero-order valence-corrected chi connectivity index (χ0v) is 29.6. The Balaban J connectivity index is 1.11. The van der Waals surface area contributed by atoms with Crippen LogP contribution >= 0.6 is 34.7 Å². The zero-order chi connectivity index (χ0) is 36.9. The summed E-state index contributed by atoms with van der Waals surface area (Å²) in [5.74, 6) is -4.32. The molecule has 52 heavy (non-hydrogen) atoms. The van der Waals surface area contributed by atoms with Gasteiger partial charge in [0, 0.05) is 32.3 Å². The van der Waals surface area contributed by atoms with Crippen molar-refractivity contribution in [2.75, 3.05) is 16.8 Å². The molecule has 2 aliphatic heterocycles. The number of aromatic amines is 1. The van der Waals surface area contributed by atoms with Gasteiger partial charge < -0.3 is 15.0 Å². The molecule has 0 spiro atoms. The van der Waals surface area contributed by atoms with Gasteiger partial charge in [0.05, 0.1) is 33.0 Å². The average molecular weight is 791 g/mol. The zero-order valence-electron chi connectivity index (χ0n) is 26.4. The quantitative estimate of drug-likeness (QED) is 0.208. The first-order chi connectivity index (χ1) is 24.6. The van der Waals surface area contributed by atoms with E-state index in [9.17, 15) is 40.8 Å². The summed E-state index contributed by atoms with van der Waals surface area (Å²) in [6.07, 6.45) is -4.13. The van der Waals surface area contributed by atoms with Crippen molar-refractivity contribution in [3.05, 3.63) is 97.4 Å². The fraction of sp³-hybridized carbons (Fsp3) is 0.294. The molecule has 4 aromatic rings. The van der Waals surface area contributed by atoms with Crippen molar-refractivity contribution in [2.24, 2.45) is 34.7 Å². The van der Waals surface area contributed by atoms with Crippen molar-refractivity contribution >= 4 is 73.8 Å². The molecular weight excluding hydrogens is 765 g/mol. The van der Waals surface area contributed by atoms with Gasteiger partial charge in [-0.15, -0.1) is 11.8 Å². The molecule has 270 valence electrons. The minimum absolute atomic E-state index is 0.123. The second-order valence-corrected chi connectivity index (χ2v) is 17.3. The number of benzene rings is 3. The van der Waals surface area contributed by atoms with Crippen LogP contribution in [-0.2, 0) is 30.6 Å². The van der Waals surface area contributed by atoms with E-state index in [4.69, 9.17) is 21.5 Å². The number of thiazole rings is 1. The number of imide groups is 1. The summed E-state index contributed by atoms with van der Waals surface area (Å²) in [4.78, 5) is 57.7. The van der Waals surface area contributed by atoms with E-state index in [-0.39, 0.29) is 38.5 Å². The SMILES string of the molecule is NS(=O)(=O)c1ccc(NC(=O)COc2ccc(Cl)cc2[C@@H]2c3sc(=O)[nH]c3S[C@@H]3[C@@H]4C[C@@H]([C@@H]5C(=O)N(c6cccc(C(F)(F)F)c6)C(=O)[C@@H]45)[C@H]23)cc1. The van der Waals surface area contributed by atoms with E-state index in [1.54, 1.807) is 18.2 Å². The van der Waals surface area contributed by atoms with Gasteiger partial charge in [-0.1, -0.05) is 29.0 Å². The Hall–Kier alpha value is -4.16. The number of fused-ring (bicyclic) bond motifs is 9. The standard InChI is InChI=1S/C34H26ClF3N4O7S3/c35-15-4-9-22(49-13-23(43)40-16-5-7-18(8-6-16)52(39,47)48)19(11-15)24-25-20-12-21(28(25)50-30-29(24)51-33(46)41-30)27-26(20)31(44)42(32(27)45)17-3-1-2-14(10-17)34(36,37)38/h1-11,20-21,24-28H,12-13H2,(H,40,43)(H,41,46)(H2,39,47,48)/t20-,21-,24+,25-,26+,27+,28-/m1/s1. The number of rotatable bonds is 7. The highest BCUT2D eigenvalue weighted by Gasteiger charge is 2.70. The van der Waals surface area contributed by atoms with Gasteiger partial charge in [0.15, 0.2) is 6.61 Å². The van der Waals surface area contributed by atoms with Gasteiger partial charge in [-0.2, -0.15) is 13.2 Å². The number of nitrogens with two attached hydrogens (primary N) is 1. The molecule has 0 radical (unpaired) electrons. The lowest BCUT2D eigenvalue weighted by Gasteiger charge is -2.43. The molecule has 3 heterocycles. The van der Waals surface area contributed by atoms with E-state index < -0.39 is 63.8 Å². The lowest BCUT2D eigenvalue weighted by Crippen LogP contribution is -2.42. The van der Waals surface area contributed by atoms with Crippen LogP contribution in [0.3, 0.4) is 0 Å². The molecule has 3 fully saturated rings. The number of hydrogen-bond donors (Lipinski definition) is 3. The topological polar surface area (TPSA) is 169 Å². The highest BCUT2D eigenvalue weighted by molar-refractivity contribution is 8.00. The number of hydrogen-bond acceptors (Lipinski definition) is 9. The number of thioether (sulfide) groups is 1. The summed E-state index contributed by atoms with van der Waals surface area (Å²) < 4.78 is 69.9. The van der Waals surface area contributed by atoms with Crippen LogP contribution in [-0.4, -0.2) is 43.0 Å². The Morgan fingerprint density at radius 1 is 1.02 bits per heavy atom. The van der Waals surface area contributed by atoms with Crippen LogP contribution in [0, 0.1) is 29.6 Å². The van der Waals surface area contributed by atoms with Gasteiger partial charge >= 0.3 is 11.0 Å². The first kappa shape index (κ1) is 34.9. The van der Waals surface area contributed by atoms with Crippen molar-refractivity contribution in [3.63, 3.8) is 0 Å². The predicted octanol–water partition coefficient (Wildman–Crippen LogP) is 5.45. The number of anilines is 2. The fourth-order valence-electron chi connectivity index (χ4n) is 8.40. The minimum Gasteiger partial charge on any atom is -0.483 e. The van der Waals surface area contributed by atoms with E-state index in [0.717, 1.165) is 28.4 Å². The van der Waals surface area contributed by atoms with Gasteiger partial charge in [-0.25, -0.2) is 13.6 Å². The molecule has 1 saturated heterocycles. The van der Waals surface area contributed by atoms with E-state index in [1.165, 1.54) is 48.2 Å². The number of halogens is 4. The van der Waals surface area contributed by atoms with Crippen LogP contribution in [0.4, 0.5) is 24.5 Å². The maximum atomic E-state index is 14.1. The van der Waals surface area contributed by atoms with Crippen LogP contribution in [0.5, 0.6) is 5.75 Å². The lowest BCUT2D eigenvalue weighted by molar-refractivity contribution is -0.137. The van der Waals surface area contributed by atoms with Crippen LogP contribution in [0.1, 0.15) is 28.3 Å². The summed E-state index contributed by atoms with van der Waals surface area (Å²) >= 11 is 8.97. The summed E-state index contributed by atoms with van der Waals surface area (Å²) in [7, 11) is -3.92. The third kappa shape index (κ3) is 5.82. The van der Waals surface area contributed by atoms with Crippen LogP contribution in [0.25, 0.3) is 0 Å². The average Bonchev–Trinajstić information content (AvgIpc) is 3.82. The monoisotopic (exact) mass is 790 g/mol. The number of aromatic nitrogens is 1. The Morgan fingerprint density at radius 2 is 1.73 bits per heavy atom. The third-order valence-corrected chi connectivity index (χ3v) is 14.0. The Bertz CT molecular complexity index is 2330. The number of sulfonamides is 1. The number of ether oxygens (including phenoxy) is 1. The number of nitrogens with one attached hydrogen (secondary N) is 2. The highest BCUT2D eigenvalue weighted by Crippen LogP contribution is 2.69. The van der Waals surface area contributed by atoms with Gasteiger partial charge in [-0.3, -0.25) is 24.1 Å². The fourth-order valence-corrected chi connectivity index (χ4v) is 12.0. The number of carbonyl (C=O) groups excluding carboxylic acids is 3. The largest absolute Gasteiger partial charge is 0.483 e. The molecule has 7 atom stereocenters. The molecule has 3 amide bonds. The second-order valence-electron chi connectivity index (χ2n) is 13.1. The summed E-state index contributed by atoms with van der Waals surface area (Å²) in [6, 6.07) is 14.3. The van der Waals surface area contributed by atoms with Gasteiger partial charge in [-0.05, 0) is 84.8 Å². The number of carbonyl (C=O) groups is 3. The molecule has 8 rings (SSSR count). The van der Waals surface area contributed by atoms with E-state index >= 15 is 0 Å². The summed E-state index contributed by atoms with van der Waals surface area (Å²) in [5.41, 5.74) is -0.221. The van der Waals surface area contributed by atoms with Gasteiger partial charge in [0.25, 0.3) is 5.91 Å². The number of amides is 3. The molecule has 2 saturated carbocycles. The van der Waals surface area contributed by atoms with Crippen molar-refractivity contribution in [1.82, 2.24) is 4.98 Å². The van der Waals surface area contributed by atoms with Gasteiger partial charge in [0.1, 0.15) is 5.75 Å². The summed E-state index contributed by atoms with van der Waals surface area (Å²) in [5, 5.41) is 8.51. The van der Waals surface area contributed by atoms with Crippen molar-refractivity contribution in [2.45, 2.75) is 33.7 Å². The van der Waals surface area contributed by atoms with Crippen molar-refractivity contribution in [1.29, 1.82) is 0 Å². The van der Waals surface area contributed by atoms with Crippen molar-refractivity contribution < 1.29 is 40.7 Å². The maximum absolute atomic E-state index is 14.1. The Labute approximate surface area is 306 Å². The predicted molar refractivity (Wildman–Crippen MR) is 186 cm³/mol. The van der Waals surface area contributed by atoms with Crippen LogP contribution in [0.15, 0.2) is 81.4 Å². The molecular formula is C34H26ClF3N4O7S3. The molecule has 18 heteroatoms. The molecule has 11 nitrogen and oxygen atoms in total. The number of H-pyrrole nitrogens is 1. The number of primary sulfonamides is 1. The molecule has 2 aliphatic carbocycles. The molecule has 4 aliphatic rings. The lowest BCUT2D eigenvalue weighted by atomic mass is 9.68. The molecule has 3 aromatic carbocycles. The van der Waals surface area contributed by atoms with Crippen LogP contribution < -0.4 is 25.0 Å². The molecule has 4 N–H and O–H groups in total. The molecule has 0 unspecified atom stereocenters. The first-order valence-corrected chi connectivity index (χ1v) is 19.5. The van der Waals surface area contributed by atoms with Crippen molar-refractivity contribution in [3.8, 4) is 5.75 Å². The van der Waals surface area contributed by atoms with Gasteiger partial charge in [0.2, 0.25) is 21.8 Å². The highest BCUT2D eigenvalue weighted by atomic mass is 35.5. The Morgan fingerprint density at radius 3 is 2.42 bits per heavy atom. The Kier molecular flexibility index (Phi) is 8.37. The number of nitrogens with zero attached hydrogens (tertiary/aromatic N) is 1.